The van der Waals surface area contributed by atoms with E-state index < -0.39 is 26.8 Å². The van der Waals surface area contributed by atoms with E-state index in [-0.39, 0.29) is 6.04 Å². The van der Waals surface area contributed by atoms with E-state index in [0.717, 1.165) is 32.2 Å². The first-order valence-electron chi connectivity index (χ1n) is 7.46. The molecule has 1 N–H and O–H groups in total. The van der Waals surface area contributed by atoms with E-state index in [1.807, 2.05) is 6.92 Å². The summed E-state index contributed by atoms with van der Waals surface area (Å²) in [7, 11) is -2.23. The highest BCUT2D eigenvalue weighted by atomic mass is 32.2. The molecule has 0 radical (unpaired) electrons. The Hall–Kier alpha value is -0.620. The van der Waals surface area contributed by atoms with Gasteiger partial charge in [0.05, 0.1) is 12.4 Å². The van der Waals surface area contributed by atoms with Gasteiger partial charge in [0.2, 0.25) is 0 Å². The van der Waals surface area contributed by atoms with Gasteiger partial charge in [0.1, 0.15) is 5.75 Å². The standard InChI is InChI=1S/C14H27NO4S/c1-4-6-11-7-8-12(15-5-2)13(9-11)20(17,18)10-14(16)19-3/h11-13,15H,4-10H2,1-3H3. The van der Waals surface area contributed by atoms with Crippen LogP contribution in [0.15, 0.2) is 0 Å². The third-order valence-corrected chi connectivity index (χ3v) is 6.15. The summed E-state index contributed by atoms with van der Waals surface area (Å²) in [5.74, 6) is -0.722. The largest absolute Gasteiger partial charge is 0.468 e. The Balaban J connectivity index is 2.84. The van der Waals surface area contributed by atoms with E-state index in [1.54, 1.807) is 0 Å². The molecule has 0 aromatic carbocycles. The molecule has 0 spiro atoms. The van der Waals surface area contributed by atoms with Crippen LogP contribution in [-0.2, 0) is 19.4 Å². The molecule has 3 unspecified atom stereocenters. The number of esters is 1. The second kappa shape index (κ2) is 7.98. The number of hydrogen-bond acceptors (Lipinski definition) is 5. The third kappa shape index (κ3) is 4.74. The Morgan fingerprint density at radius 3 is 2.55 bits per heavy atom. The minimum Gasteiger partial charge on any atom is -0.468 e. The van der Waals surface area contributed by atoms with Gasteiger partial charge in [0.15, 0.2) is 9.84 Å². The smallest absolute Gasteiger partial charge is 0.320 e. The van der Waals surface area contributed by atoms with Crippen LogP contribution in [-0.4, -0.2) is 45.1 Å². The van der Waals surface area contributed by atoms with Gasteiger partial charge < -0.3 is 10.1 Å². The van der Waals surface area contributed by atoms with Crippen molar-refractivity contribution in [3.63, 3.8) is 0 Å². The number of hydrogen-bond donors (Lipinski definition) is 1. The normalized spacial score (nSPS) is 27.2. The lowest BCUT2D eigenvalue weighted by Gasteiger charge is -2.36. The SMILES string of the molecule is CCCC1CCC(NCC)C(S(=O)(=O)CC(=O)OC)C1. The molecular weight excluding hydrogens is 278 g/mol. The summed E-state index contributed by atoms with van der Waals surface area (Å²) in [5.41, 5.74) is 0. The van der Waals surface area contributed by atoms with Crippen molar-refractivity contribution >= 4 is 15.8 Å². The average Bonchev–Trinajstić information content (AvgIpc) is 2.40. The highest BCUT2D eigenvalue weighted by molar-refractivity contribution is 7.92. The summed E-state index contributed by atoms with van der Waals surface area (Å²) >= 11 is 0. The lowest BCUT2D eigenvalue weighted by atomic mass is 9.83. The van der Waals surface area contributed by atoms with Gasteiger partial charge in [0, 0.05) is 6.04 Å². The predicted octanol–water partition coefficient (Wildman–Crippen LogP) is 1.52. The highest BCUT2D eigenvalue weighted by Gasteiger charge is 2.39. The first-order valence-corrected chi connectivity index (χ1v) is 9.17. The Morgan fingerprint density at radius 1 is 1.30 bits per heavy atom. The molecule has 0 amide bonds. The van der Waals surface area contributed by atoms with Crippen LogP contribution in [0.4, 0.5) is 0 Å². The summed E-state index contributed by atoms with van der Waals surface area (Å²) in [6.07, 6.45) is 4.72. The second-order valence-electron chi connectivity index (χ2n) is 5.55. The molecular formula is C14H27NO4S. The Kier molecular flexibility index (Phi) is 6.95. The summed E-state index contributed by atoms with van der Waals surface area (Å²) < 4.78 is 29.4. The molecule has 3 atom stereocenters. The van der Waals surface area contributed by atoms with E-state index in [1.165, 1.54) is 7.11 Å². The topological polar surface area (TPSA) is 72.5 Å². The third-order valence-electron chi connectivity index (χ3n) is 4.07. The molecule has 5 nitrogen and oxygen atoms in total. The van der Waals surface area contributed by atoms with E-state index in [0.29, 0.717) is 12.3 Å². The first kappa shape index (κ1) is 17.4. The van der Waals surface area contributed by atoms with Crippen LogP contribution in [0.2, 0.25) is 0 Å². The molecule has 0 bridgehead atoms. The molecule has 118 valence electrons. The van der Waals surface area contributed by atoms with Crippen molar-refractivity contribution < 1.29 is 17.9 Å². The zero-order valence-electron chi connectivity index (χ0n) is 12.7. The number of carbonyl (C=O) groups is 1. The molecule has 1 saturated carbocycles. The van der Waals surface area contributed by atoms with Crippen LogP contribution in [0, 0.1) is 5.92 Å². The number of rotatable bonds is 7. The Bertz CT molecular complexity index is 407. The fraction of sp³-hybridized carbons (Fsp3) is 0.929. The number of carbonyl (C=O) groups excluding carboxylic acids is 1. The Morgan fingerprint density at radius 2 is 2.00 bits per heavy atom. The lowest BCUT2D eigenvalue weighted by molar-refractivity contribution is -0.137. The number of methoxy groups -OCH3 is 1. The van der Waals surface area contributed by atoms with E-state index in [2.05, 4.69) is 17.0 Å². The molecule has 0 aromatic rings. The van der Waals surface area contributed by atoms with Gasteiger partial charge >= 0.3 is 5.97 Å². The summed E-state index contributed by atoms with van der Waals surface area (Å²) in [5, 5.41) is 2.80. The first-order chi connectivity index (χ1) is 9.44. The zero-order valence-corrected chi connectivity index (χ0v) is 13.5. The van der Waals surface area contributed by atoms with Gasteiger partial charge in [-0.1, -0.05) is 26.7 Å². The minimum atomic E-state index is -3.45. The van der Waals surface area contributed by atoms with Crippen molar-refractivity contribution in [1.82, 2.24) is 5.32 Å². The Labute approximate surface area is 122 Å². The molecule has 1 aliphatic carbocycles. The highest BCUT2D eigenvalue weighted by Crippen LogP contribution is 2.32. The molecule has 0 heterocycles. The fourth-order valence-corrected chi connectivity index (χ4v) is 5.06. The molecule has 0 saturated heterocycles. The molecule has 0 aromatic heterocycles. The van der Waals surface area contributed by atoms with Crippen molar-refractivity contribution in [2.75, 3.05) is 19.4 Å². The number of ether oxygens (including phenoxy) is 1. The van der Waals surface area contributed by atoms with Crippen LogP contribution in [0.3, 0.4) is 0 Å². The molecule has 1 rings (SSSR count). The van der Waals surface area contributed by atoms with E-state index >= 15 is 0 Å². The van der Waals surface area contributed by atoms with Crippen molar-refractivity contribution in [2.24, 2.45) is 5.92 Å². The fourth-order valence-electron chi connectivity index (χ4n) is 3.11. The van der Waals surface area contributed by atoms with Crippen molar-refractivity contribution in [1.29, 1.82) is 0 Å². The summed E-state index contributed by atoms with van der Waals surface area (Å²) in [4.78, 5) is 11.3. The number of sulfone groups is 1. The average molecular weight is 305 g/mol. The predicted molar refractivity (Wildman–Crippen MR) is 79.3 cm³/mol. The second-order valence-corrected chi connectivity index (χ2v) is 7.77. The molecule has 20 heavy (non-hydrogen) atoms. The maximum atomic E-state index is 12.4. The van der Waals surface area contributed by atoms with Crippen molar-refractivity contribution in [2.45, 2.75) is 57.2 Å². The minimum absolute atomic E-state index is 0.0391. The van der Waals surface area contributed by atoms with Crippen molar-refractivity contribution in [3.05, 3.63) is 0 Å². The van der Waals surface area contributed by atoms with Crippen LogP contribution < -0.4 is 5.32 Å². The van der Waals surface area contributed by atoms with Crippen LogP contribution in [0.1, 0.15) is 46.0 Å². The van der Waals surface area contributed by atoms with Crippen LogP contribution in [0.25, 0.3) is 0 Å². The molecule has 1 aliphatic rings. The van der Waals surface area contributed by atoms with E-state index in [9.17, 15) is 13.2 Å². The summed E-state index contributed by atoms with van der Waals surface area (Å²) in [6.45, 7) is 4.84. The van der Waals surface area contributed by atoms with Gasteiger partial charge in [-0.2, -0.15) is 0 Å². The van der Waals surface area contributed by atoms with Crippen molar-refractivity contribution in [3.8, 4) is 0 Å². The van der Waals surface area contributed by atoms with Gasteiger partial charge in [-0.15, -0.1) is 0 Å². The quantitative estimate of drug-likeness (QED) is 0.722. The lowest BCUT2D eigenvalue weighted by Crippen LogP contribution is -2.49. The maximum Gasteiger partial charge on any atom is 0.320 e. The van der Waals surface area contributed by atoms with Crippen LogP contribution in [0.5, 0.6) is 0 Å². The zero-order chi connectivity index (χ0) is 15.2. The van der Waals surface area contributed by atoms with Gasteiger partial charge in [-0.05, 0) is 31.7 Å². The summed E-state index contributed by atoms with van der Waals surface area (Å²) in [6, 6.07) is -0.0391. The maximum absolute atomic E-state index is 12.4. The van der Waals surface area contributed by atoms with Crippen LogP contribution >= 0.6 is 0 Å². The molecule has 0 aliphatic heterocycles. The van der Waals surface area contributed by atoms with Gasteiger partial charge in [0.25, 0.3) is 0 Å². The molecule has 1 fully saturated rings. The number of nitrogens with one attached hydrogen (secondary N) is 1. The van der Waals surface area contributed by atoms with E-state index in [4.69, 9.17) is 0 Å². The van der Waals surface area contributed by atoms with Gasteiger partial charge in [-0.3, -0.25) is 4.79 Å². The monoisotopic (exact) mass is 305 g/mol. The molecule has 6 heteroatoms. The van der Waals surface area contributed by atoms with Gasteiger partial charge in [-0.25, -0.2) is 8.42 Å².